The first-order valence-electron chi connectivity index (χ1n) is 18.9. The Hall–Kier alpha value is -3.62. The zero-order valence-electron chi connectivity index (χ0n) is 30.9. The SMILES string of the molecule is CCCCOCCOCCc1ccc(-c2ccc(/C=C/c3ccc(/C=C/c4ccc(-c5ccc(CCOCCOCCCC)s5)cc4)cc3)cc2)s1. The van der Waals surface area contributed by atoms with Crippen LogP contribution in [0, 0.1) is 0 Å². The molecule has 5 rings (SSSR count). The molecule has 0 saturated carbocycles. The Morgan fingerprint density at radius 2 is 0.712 bits per heavy atom. The molecule has 0 bridgehead atoms. The van der Waals surface area contributed by atoms with E-state index in [1.54, 1.807) is 0 Å². The molecule has 0 N–H and O–H groups in total. The second-order valence-electron chi connectivity index (χ2n) is 12.8. The number of rotatable bonds is 24. The van der Waals surface area contributed by atoms with Gasteiger partial charge in [-0.05, 0) is 70.5 Å². The van der Waals surface area contributed by atoms with Gasteiger partial charge < -0.3 is 18.9 Å². The summed E-state index contributed by atoms with van der Waals surface area (Å²) in [7, 11) is 0. The summed E-state index contributed by atoms with van der Waals surface area (Å²) in [5.74, 6) is 0. The van der Waals surface area contributed by atoms with Crippen LogP contribution in [0.5, 0.6) is 0 Å². The molecule has 0 amide bonds. The van der Waals surface area contributed by atoms with Gasteiger partial charge >= 0.3 is 0 Å². The first-order valence-corrected chi connectivity index (χ1v) is 20.5. The summed E-state index contributed by atoms with van der Waals surface area (Å²) in [6.45, 7) is 10.2. The summed E-state index contributed by atoms with van der Waals surface area (Å²) in [5, 5.41) is 0. The van der Waals surface area contributed by atoms with Crippen LogP contribution in [0.3, 0.4) is 0 Å². The van der Waals surface area contributed by atoms with Crippen LogP contribution in [0.15, 0.2) is 97.1 Å². The molecule has 0 radical (unpaired) electrons. The molecule has 0 aliphatic rings. The number of hydrogen-bond acceptors (Lipinski definition) is 6. The van der Waals surface area contributed by atoms with Gasteiger partial charge in [0.05, 0.1) is 39.6 Å². The molecule has 3 aromatic carbocycles. The molecule has 0 aliphatic carbocycles. The van der Waals surface area contributed by atoms with E-state index < -0.39 is 0 Å². The first kappa shape index (κ1) is 39.6. The van der Waals surface area contributed by atoms with Crippen molar-refractivity contribution in [3.63, 3.8) is 0 Å². The van der Waals surface area contributed by atoms with Crippen LogP contribution in [0.1, 0.15) is 71.5 Å². The fourth-order valence-corrected chi connectivity index (χ4v) is 7.43. The van der Waals surface area contributed by atoms with E-state index in [0.29, 0.717) is 26.4 Å². The largest absolute Gasteiger partial charge is 0.379 e. The van der Waals surface area contributed by atoms with Crippen LogP contribution < -0.4 is 0 Å². The number of ether oxygens (including phenoxy) is 4. The second kappa shape index (κ2) is 23.1. The van der Waals surface area contributed by atoms with Crippen molar-refractivity contribution in [2.24, 2.45) is 0 Å². The highest BCUT2D eigenvalue weighted by Crippen LogP contribution is 2.30. The van der Waals surface area contributed by atoms with Crippen molar-refractivity contribution >= 4 is 47.0 Å². The zero-order valence-corrected chi connectivity index (χ0v) is 32.5. The Bertz CT molecular complexity index is 1620. The summed E-state index contributed by atoms with van der Waals surface area (Å²) in [6.07, 6.45) is 15.1. The van der Waals surface area contributed by atoms with Gasteiger partial charge in [-0.1, -0.05) is 124 Å². The van der Waals surface area contributed by atoms with E-state index in [2.05, 4.69) is 135 Å². The third kappa shape index (κ3) is 14.1. The predicted octanol–water partition coefficient (Wildman–Crippen LogP) is 12.2. The number of thiophene rings is 2. The Morgan fingerprint density at radius 1 is 0.385 bits per heavy atom. The molecule has 0 saturated heterocycles. The molecule has 4 nitrogen and oxygen atoms in total. The molecule has 6 heteroatoms. The summed E-state index contributed by atoms with van der Waals surface area (Å²) in [4.78, 5) is 5.29. The van der Waals surface area contributed by atoms with Crippen LogP contribution in [-0.4, -0.2) is 52.9 Å². The van der Waals surface area contributed by atoms with Gasteiger partial charge in [-0.2, -0.15) is 0 Å². The summed E-state index contributed by atoms with van der Waals surface area (Å²) in [6, 6.07) is 35.2. The highest BCUT2D eigenvalue weighted by Gasteiger charge is 2.05. The van der Waals surface area contributed by atoms with Crippen LogP contribution in [0.4, 0.5) is 0 Å². The molecule has 0 atom stereocenters. The molecule has 0 fully saturated rings. The lowest BCUT2D eigenvalue weighted by molar-refractivity contribution is 0.0480. The Balaban J connectivity index is 1.02. The van der Waals surface area contributed by atoms with E-state index in [1.165, 1.54) is 65.7 Å². The molecule has 274 valence electrons. The fourth-order valence-electron chi connectivity index (χ4n) is 5.44. The summed E-state index contributed by atoms with van der Waals surface area (Å²) >= 11 is 3.69. The van der Waals surface area contributed by atoms with Gasteiger partial charge in [0.2, 0.25) is 0 Å². The van der Waals surface area contributed by atoms with Gasteiger partial charge in [-0.15, -0.1) is 22.7 Å². The highest BCUT2D eigenvalue weighted by molar-refractivity contribution is 7.15. The van der Waals surface area contributed by atoms with Crippen LogP contribution >= 0.6 is 22.7 Å². The topological polar surface area (TPSA) is 36.9 Å². The van der Waals surface area contributed by atoms with E-state index >= 15 is 0 Å². The van der Waals surface area contributed by atoms with Crippen molar-refractivity contribution in [1.82, 2.24) is 0 Å². The lowest BCUT2D eigenvalue weighted by atomic mass is 10.1. The molecular formula is C46H54O4S2. The van der Waals surface area contributed by atoms with E-state index in [0.717, 1.165) is 52.1 Å². The highest BCUT2D eigenvalue weighted by atomic mass is 32.1. The van der Waals surface area contributed by atoms with Crippen LogP contribution in [0.2, 0.25) is 0 Å². The maximum absolute atomic E-state index is 5.75. The number of hydrogen-bond donors (Lipinski definition) is 0. The second-order valence-corrected chi connectivity index (χ2v) is 15.1. The fraction of sp³-hybridized carbons (Fsp3) is 0.348. The van der Waals surface area contributed by atoms with Gasteiger partial charge in [-0.3, -0.25) is 0 Å². The number of unbranched alkanes of at least 4 members (excludes halogenated alkanes) is 2. The molecule has 0 spiro atoms. The predicted molar refractivity (Wildman–Crippen MR) is 224 cm³/mol. The lowest BCUT2D eigenvalue weighted by Gasteiger charge is -2.04. The van der Waals surface area contributed by atoms with Crippen molar-refractivity contribution in [3.05, 3.63) is 129 Å². The van der Waals surface area contributed by atoms with E-state index in [4.69, 9.17) is 18.9 Å². The monoisotopic (exact) mass is 734 g/mol. The molecule has 0 unspecified atom stereocenters. The Kier molecular flexibility index (Phi) is 17.6. The molecule has 2 heterocycles. The average molecular weight is 735 g/mol. The minimum absolute atomic E-state index is 0.666. The maximum atomic E-state index is 5.75. The first-order chi connectivity index (χ1) is 25.7. The third-order valence-corrected chi connectivity index (χ3v) is 11.0. The van der Waals surface area contributed by atoms with Crippen molar-refractivity contribution < 1.29 is 18.9 Å². The molecule has 2 aromatic heterocycles. The summed E-state index contributed by atoms with van der Waals surface area (Å²) < 4.78 is 22.6. The molecular weight excluding hydrogens is 681 g/mol. The third-order valence-electron chi connectivity index (χ3n) is 8.60. The molecule has 0 aliphatic heterocycles. The quantitative estimate of drug-likeness (QED) is 0.0467. The van der Waals surface area contributed by atoms with Crippen molar-refractivity contribution in [3.8, 4) is 20.9 Å². The smallest absolute Gasteiger partial charge is 0.0700 e. The minimum Gasteiger partial charge on any atom is -0.379 e. The molecule has 52 heavy (non-hydrogen) atoms. The summed E-state index contributed by atoms with van der Waals surface area (Å²) in [5.41, 5.74) is 7.25. The van der Waals surface area contributed by atoms with E-state index in [9.17, 15) is 0 Å². The van der Waals surface area contributed by atoms with Gasteiger partial charge in [0.25, 0.3) is 0 Å². The minimum atomic E-state index is 0.666. The lowest BCUT2D eigenvalue weighted by Crippen LogP contribution is -2.07. The normalized spacial score (nSPS) is 11.7. The Labute approximate surface area is 319 Å². The van der Waals surface area contributed by atoms with Crippen molar-refractivity contribution in [2.75, 3.05) is 52.9 Å². The van der Waals surface area contributed by atoms with Crippen molar-refractivity contribution in [1.29, 1.82) is 0 Å². The number of benzene rings is 3. The molecule has 5 aromatic rings. The van der Waals surface area contributed by atoms with Crippen LogP contribution in [-0.2, 0) is 31.8 Å². The maximum Gasteiger partial charge on any atom is 0.0700 e. The average Bonchev–Trinajstić information content (AvgIpc) is 3.87. The van der Waals surface area contributed by atoms with Gasteiger partial charge in [0.15, 0.2) is 0 Å². The van der Waals surface area contributed by atoms with Crippen molar-refractivity contribution in [2.45, 2.75) is 52.4 Å². The van der Waals surface area contributed by atoms with Gasteiger partial charge in [0, 0.05) is 45.6 Å². The Morgan fingerprint density at radius 3 is 1.06 bits per heavy atom. The van der Waals surface area contributed by atoms with Gasteiger partial charge in [0.1, 0.15) is 0 Å². The zero-order chi connectivity index (χ0) is 36.1. The van der Waals surface area contributed by atoms with Gasteiger partial charge in [-0.25, -0.2) is 0 Å². The standard InChI is InChI=1S/C46H54O4S2/c1-3-5-29-47-33-35-49-31-27-43-23-25-45(51-43)41-19-15-39(16-20-41)13-11-37-7-9-38(10-8-37)12-14-40-17-21-42(22-18-40)46-26-24-44(52-46)28-32-50-36-34-48-30-6-4-2/h7-26H,3-6,27-36H2,1-2H3/b13-11+,14-12+. The van der Waals surface area contributed by atoms with E-state index in [-0.39, 0.29) is 0 Å². The van der Waals surface area contributed by atoms with E-state index in [1.807, 2.05) is 22.7 Å². The van der Waals surface area contributed by atoms with Crippen LogP contribution in [0.25, 0.3) is 45.2 Å².